The van der Waals surface area contributed by atoms with E-state index in [1.54, 1.807) is 13.2 Å². The topological polar surface area (TPSA) is 67.8 Å². The summed E-state index contributed by atoms with van der Waals surface area (Å²) in [7, 11) is 1.61. The molecule has 1 amide bonds. The molecule has 0 fully saturated rings. The minimum atomic E-state index is -0.177. The van der Waals surface area contributed by atoms with Gasteiger partial charge in [-0.3, -0.25) is 4.79 Å². The Labute approximate surface area is 112 Å². The maximum absolute atomic E-state index is 11.4. The molecule has 1 aromatic carbocycles. The maximum atomic E-state index is 11.4. The number of methoxy groups -OCH3 is 1. The number of hydrogen-bond acceptors (Lipinski definition) is 4. The van der Waals surface area contributed by atoms with Crippen molar-refractivity contribution in [2.75, 3.05) is 33.5 Å². The Kier molecular flexibility index (Phi) is 7.31. The first-order valence-electron chi connectivity index (χ1n) is 6.05. The smallest absolute Gasteiger partial charge is 0.244 e. The van der Waals surface area contributed by atoms with E-state index in [1.807, 2.05) is 24.3 Å². The van der Waals surface area contributed by atoms with Gasteiger partial charge in [-0.05, 0) is 23.8 Å². The van der Waals surface area contributed by atoms with Crippen LogP contribution in [0.15, 0.2) is 30.3 Å². The molecule has 0 atom stereocenters. The average molecular weight is 265 g/mol. The van der Waals surface area contributed by atoms with Gasteiger partial charge in [0.05, 0.1) is 26.9 Å². The van der Waals surface area contributed by atoms with Crippen LogP contribution in [0.4, 0.5) is 0 Å². The summed E-state index contributed by atoms with van der Waals surface area (Å²) in [5.41, 5.74) is 0.924. The summed E-state index contributed by atoms with van der Waals surface area (Å²) in [6.07, 6.45) is 3.19. The van der Waals surface area contributed by atoms with Gasteiger partial charge in [0.2, 0.25) is 5.91 Å². The lowest BCUT2D eigenvalue weighted by Gasteiger charge is -2.03. The van der Waals surface area contributed by atoms with E-state index in [9.17, 15) is 4.79 Å². The summed E-state index contributed by atoms with van der Waals surface area (Å²) in [5, 5.41) is 11.2. The van der Waals surface area contributed by atoms with E-state index < -0.39 is 0 Å². The lowest BCUT2D eigenvalue weighted by Crippen LogP contribution is -2.25. The minimum Gasteiger partial charge on any atom is -0.497 e. The van der Waals surface area contributed by atoms with E-state index in [2.05, 4.69) is 5.32 Å². The van der Waals surface area contributed by atoms with Crippen molar-refractivity contribution in [2.45, 2.75) is 0 Å². The zero-order chi connectivity index (χ0) is 13.9. The van der Waals surface area contributed by atoms with Crippen LogP contribution in [-0.2, 0) is 9.53 Å². The molecule has 0 unspecified atom stereocenters. The zero-order valence-corrected chi connectivity index (χ0v) is 11.0. The molecule has 0 bridgehead atoms. The lowest BCUT2D eigenvalue weighted by molar-refractivity contribution is -0.116. The van der Waals surface area contributed by atoms with Gasteiger partial charge < -0.3 is 19.9 Å². The average Bonchev–Trinajstić information content (AvgIpc) is 2.45. The van der Waals surface area contributed by atoms with Gasteiger partial charge in [-0.2, -0.15) is 0 Å². The number of carbonyl (C=O) groups is 1. The number of aliphatic hydroxyl groups is 1. The second kappa shape index (κ2) is 9.13. The fourth-order valence-electron chi connectivity index (χ4n) is 1.36. The first-order valence-corrected chi connectivity index (χ1v) is 6.05. The van der Waals surface area contributed by atoms with Gasteiger partial charge >= 0.3 is 0 Å². The highest BCUT2D eigenvalue weighted by molar-refractivity contribution is 5.91. The molecule has 0 aliphatic heterocycles. The van der Waals surface area contributed by atoms with Crippen molar-refractivity contribution in [1.82, 2.24) is 5.32 Å². The third kappa shape index (κ3) is 6.59. The van der Waals surface area contributed by atoms with Gasteiger partial charge in [0, 0.05) is 12.6 Å². The van der Waals surface area contributed by atoms with Gasteiger partial charge in [0.1, 0.15) is 5.75 Å². The standard InChI is InChI=1S/C14H19NO4/c1-18-13-5-2-12(3-6-13)4-7-14(17)15-8-10-19-11-9-16/h2-7,16H,8-11H2,1H3,(H,15,17)/b7-4+. The van der Waals surface area contributed by atoms with Gasteiger partial charge in [-0.1, -0.05) is 12.1 Å². The predicted molar refractivity (Wildman–Crippen MR) is 72.9 cm³/mol. The molecule has 0 aliphatic carbocycles. The van der Waals surface area contributed by atoms with Gasteiger partial charge in [-0.15, -0.1) is 0 Å². The van der Waals surface area contributed by atoms with Gasteiger partial charge in [-0.25, -0.2) is 0 Å². The SMILES string of the molecule is COc1ccc(/C=C/C(=O)NCCOCCO)cc1. The van der Waals surface area contributed by atoms with E-state index in [4.69, 9.17) is 14.6 Å². The van der Waals surface area contributed by atoms with E-state index >= 15 is 0 Å². The molecule has 0 saturated heterocycles. The molecule has 0 heterocycles. The van der Waals surface area contributed by atoms with Gasteiger partial charge in [0.25, 0.3) is 0 Å². The summed E-state index contributed by atoms with van der Waals surface area (Å²) in [5.74, 6) is 0.603. The van der Waals surface area contributed by atoms with Gasteiger partial charge in [0.15, 0.2) is 0 Å². The molecule has 0 aliphatic rings. The number of benzene rings is 1. The second-order valence-electron chi connectivity index (χ2n) is 3.73. The Hall–Kier alpha value is -1.85. The maximum Gasteiger partial charge on any atom is 0.244 e. The molecule has 19 heavy (non-hydrogen) atoms. The highest BCUT2D eigenvalue weighted by Gasteiger charge is 1.95. The summed E-state index contributed by atoms with van der Waals surface area (Å²) in [4.78, 5) is 11.4. The molecule has 2 N–H and O–H groups in total. The fraction of sp³-hybridized carbons (Fsp3) is 0.357. The van der Waals surface area contributed by atoms with Crippen LogP contribution in [0.5, 0.6) is 5.75 Å². The largest absolute Gasteiger partial charge is 0.497 e. The zero-order valence-electron chi connectivity index (χ0n) is 11.0. The van der Waals surface area contributed by atoms with Crippen LogP contribution in [0.3, 0.4) is 0 Å². The summed E-state index contributed by atoms with van der Waals surface area (Å²) >= 11 is 0. The van der Waals surface area contributed by atoms with Crippen LogP contribution in [0.2, 0.25) is 0 Å². The van der Waals surface area contributed by atoms with Crippen molar-refractivity contribution in [3.05, 3.63) is 35.9 Å². The monoisotopic (exact) mass is 265 g/mol. The second-order valence-corrected chi connectivity index (χ2v) is 3.73. The molecule has 5 heteroatoms. The van der Waals surface area contributed by atoms with E-state index in [1.165, 1.54) is 6.08 Å². The predicted octanol–water partition coefficient (Wildman–Crippen LogP) is 0.833. The Bertz CT molecular complexity index is 400. The number of carbonyl (C=O) groups excluding carboxylic acids is 1. The molecule has 1 aromatic rings. The Morgan fingerprint density at radius 2 is 2.05 bits per heavy atom. The molecule has 0 spiro atoms. The first kappa shape index (κ1) is 15.2. The van der Waals surface area contributed by atoms with E-state index in [0.29, 0.717) is 13.2 Å². The minimum absolute atomic E-state index is 0.00861. The van der Waals surface area contributed by atoms with Crippen LogP contribution >= 0.6 is 0 Å². The first-order chi connectivity index (χ1) is 9.26. The van der Waals surface area contributed by atoms with Crippen molar-refractivity contribution in [1.29, 1.82) is 0 Å². The van der Waals surface area contributed by atoms with Crippen LogP contribution in [0, 0.1) is 0 Å². The van der Waals surface area contributed by atoms with Crippen LogP contribution in [0.25, 0.3) is 6.08 Å². The summed E-state index contributed by atoms with van der Waals surface area (Å²) in [6, 6.07) is 7.40. The van der Waals surface area contributed by atoms with Crippen LogP contribution in [-0.4, -0.2) is 44.5 Å². The molecular formula is C14H19NO4. The highest BCUT2D eigenvalue weighted by atomic mass is 16.5. The normalized spacial score (nSPS) is 10.6. The molecule has 104 valence electrons. The number of amides is 1. The van der Waals surface area contributed by atoms with Crippen molar-refractivity contribution in [2.24, 2.45) is 0 Å². The third-order valence-corrected chi connectivity index (χ3v) is 2.32. The van der Waals surface area contributed by atoms with Crippen molar-refractivity contribution >= 4 is 12.0 Å². The van der Waals surface area contributed by atoms with Crippen molar-refractivity contribution in [3.8, 4) is 5.75 Å². The quantitative estimate of drug-likeness (QED) is 0.540. The molecule has 5 nitrogen and oxygen atoms in total. The lowest BCUT2D eigenvalue weighted by atomic mass is 10.2. The van der Waals surface area contributed by atoms with E-state index in [0.717, 1.165) is 11.3 Å². The number of ether oxygens (including phenoxy) is 2. The molecule has 0 saturated carbocycles. The highest BCUT2D eigenvalue weighted by Crippen LogP contribution is 2.11. The van der Waals surface area contributed by atoms with Crippen molar-refractivity contribution < 1.29 is 19.4 Å². The third-order valence-electron chi connectivity index (χ3n) is 2.32. The number of nitrogens with one attached hydrogen (secondary N) is 1. The summed E-state index contributed by atoms with van der Waals surface area (Å²) in [6.45, 7) is 1.09. The van der Waals surface area contributed by atoms with Crippen LogP contribution < -0.4 is 10.1 Å². The summed E-state index contributed by atoms with van der Waals surface area (Å²) < 4.78 is 10.1. The Balaban J connectivity index is 2.28. The van der Waals surface area contributed by atoms with Crippen molar-refractivity contribution in [3.63, 3.8) is 0 Å². The van der Waals surface area contributed by atoms with Crippen LogP contribution in [0.1, 0.15) is 5.56 Å². The molecule has 0 radical (unpaired) electrons. The molecule has 1 rings (SSSR count). The fourth-order valence-corrected chi connectivity index (χ4v) is 1.36. The number of hydrogen-bond donors (Lipinski definition) is 2. The number of rotatable bonds is 8. The number of aliphatic hydroxyl groups excluding tert-OH is 1. The molecule has 0 aromatic heterocycles. The Morgan fingerprint density at radius 3 is 2.68 bits per heavy atom. The molecular weight excluding hydrogens is 246 g/mol. The Morgan fingerprint density at radius 1 is 1.32 bits per heavy atom. The van der Waals surface area contributed by atoms with E-state index in [-0.39, 0.29) is 19.1 Å².